The van der Waals surface area contributed by atoms with Crippen LogP contribution in [0.2, 0.25) is 0 Å². The average Bonchev–Trinajstić information content (AvgIpc) is 2.88. The van der Waals surface area contributed by atoms with E-state index in [9.17, 15) is 8.78 Å². The summed E-state index contributed by atoms with van der Waals surface area (Å²) < 4.78 is 26.7. The van der Waals surface area contributed by atoms with E-state index >= 15 is 0 Å². The highest BCUT2D eigenvalue weighted by molar-refractivity contribution is 5.20. The van der Waals surface area contributed by atoms with Crippen molar-refractivity contribution in [3.05, 3.63) is 35.4 Å². The van der Waals surface area contributed by atoms with Crippen LogP contribution in [0.4, 0.5) is 8.78 Å². The van der Waals surface area contributed by atoms with Crippen LogP contribution < -0.4 is 11.3 Å². The highest BCUT2D eigenvalue weighted by Gasteiger charge is 2.39. The lowest BCUT2D eigenvalue weighted by atomic mass is 9.74. The summed E-state index contributed by atoms with van der Waals surface area (Å²) in [4.78, 5) is 0. The number of hydrogen-bond donors (Lipinski definition) is 2. The summed E-state index contributed by atoms with van der Waals surface area (Å²) in [7, 11) is 0. The van der Waals surface area contributed by atoms with Gasteiger partial charge in [-0.3, -0.25) is 11.3 Å². The molecule has 1 fully saturated rings. The van der Waals surface area contributed by atoms with Crippen LogP contribution in [0.3, 0.4) is 0 Å². The monoisotopic (exact) mass is 268 g/mol. The maximum Gasteiger partial charge on any atom is 0.129 e. The van der Waals surface area contributed by atoms with E-state index in [1.54, 1.807) is 0 Å². The molecule has 1 aromatic rings. The fraction of sp³-hybridized carbons (Fsp3) is 0.600. The summed E-state index contributed by atoms with van der Waals surface area (Å²) in [6.07, 6.45) is 6.21. The normalized spacial score (nSPS) is 19.6. The quantitative estimate of drug-likeness (QED) is 0.635. The molecule has 1 atom stereocenters. The van der Waals surface area contributed by atoms with Crippen LogP contribution in [0.1, 0.15) is 44.6 Å². The molecule has 1 aromatic carbocycles. The Kier molecular flexibility index (Phi) is 4.53. The van der Waals surface area contributed by atoms with Gasteiger partial charge in [-0.1, -0.05) is 25.8 Å². The van der Waals surface area contributed by atoms with Gasteiger partial charge in [0.05, 0.1) is 0 Å². The van der Waals surface area contributed by atoms with Gasteiger partial charge >= 0.3 is 0 Å². The van der Waals surface area contributed by atoms with E-state index in [1.807, 2.05) is 0 Å². The van der Waals surface area contributed by atoms with Gasteiger partial charge in [0.2, 0.25) is 0 Å². The first-order valence-electron chi connectivity index (χ1n) is 7.01. The minimum Gasteiger partial charge on any atom is -0.271 e. The summed E-state index contributed by atoms with van der Waals surface area (Å²) in [5.41, 5.74) is 3.55. The number of nitrogens with two attached hydrogens (primary N) is 1. The van der Waals surface area contributed by atoms with Gasteiger partial charge in [-0.2, -0.15) is 0 Å². The second kappa shape index (κ2) is 5.97. The molecule has 2 rings (SSSR count). The minimum atomic E-state index is -0.537. The number of hydrazine groups is 1. The predicted octanol–water partition coefficient (Wildman–Crippen LogP) is 3.31. The smallest absolute Gasteiger partial charge is 0.129 e. The summed E-state index contributed by atoms with van der Waals surface area (Å²) in [6, 6.07) is 3.81. The molecule has 0 radical (unpaired) electrons. The molecule has 1 unspecified atom stereocenters. The second-order valence-electron chi connectivity index (χ2n) is 5.58. The fourth-order valence-corrected chi connectivity index (χ4v) is 3.39. The Morgan fingerprint density at radius 1 is 1.32 bits per heavy atom. The van der Waals surface area contributed by atoms with Crippen molar-refractivity contribution in [1.82, 2.24) is 5.43 Å². The van der Waals surface area contributed by atoms with Gasteiger partial charge in [-0.05, 0) is 42.7 Å². The molecule has 0 aliphatic heterocycles. The van der Waals surface area contributed by atoms with Gasteiger partial charge in [-0.15, -0.1) is 0 Å². The average molecular weight is 268 g/mol. The van der Waals surface area contributed by atoms with Crippen LogP contribution in [0.5, 0.6) is 0 Å². The SMILES string of the molecule is CCC1(C(Cc2ccc(F)cc2F)NN)CCCC1. The third kappa shape index (κ3) is 2.95. The van der Waals surface area contributed by atoms with Crippen molar-refractivity contribution in [2.24, 2.45) is 11.3 Å². The van der Waals surface area contributed by atoms with Crippen LogP contribution >= 0.6 is 0 Å². The van der Waals surface area contributed by atoms with Gasteiger partial charge in [0.15, 0.2) is 0 Å². The van der Waals surface area contributed by atoms with Gasteiger partial charge < -0.3 is 0 Å². The number of benzene rings is 1. The molecular weight excluding hydrogens is 246 g/mol. The van der Waals surface area contributed by atoms with E-state index in [-0.39, 0.29) is 11.5 Å². The highest BCUT2D eigenvalue weighted by Crippen LogP contribution is 2.44. The Hall–Kier alpha value is -1.00. The molecule has 1 aliphatic rings. The number of hydrogen-bond acceptors (Lipinski definition) is 2. The lowest BCUT2D eigenvalue weighted by Crippen LogP contribution is -2.48. The third-order valence-electron chi connectivity index (χ3n) is 4.68. The molecule has 106 valence electrons. The Balaban J connectivity index is 2.18. The van der Waals surface area contributed by atoms with E-state index in [0.29, 0.717) is 12.0 Å². The van der Waals surface area contributed by atoms with Gasteiger partial charge in [0.1, 0.15) is 11.6 Å². The lowest BCUT2D eigenvalue weighted by molar-refractivity contribution is 0.184. The first-order valence-corrected chi connectivity index (χ1v) is 7.01. The fourth-order valence-electron chi connectivity index (χ4n) is 3.39. The molecule has 1 aliphatic carbocycles. The van der Waals surface area contributed by atoms with E-state index < -0.39 is 11.6 Å². The highest BCUT2D eigenvalue weighted by atomic mass is 19.1. The van der Waals surface area contributed by atoms with Crippen molar-refractivity contribution in [1.29, 1.82) is 0 Å². The zero-order valence-corrected chi connectivity index (χ0v) is 11.4. The van der Waals surface area contributed by atoms with Crippen LogP contribution in [0.25, 0.3) is 0 Å². The number of nitrogens with one attached hydrogen (secondary N) is 1. The standard InChI is InChI=1S/C15H22F2N2/c1-2-15(7-3-4-8-15)14(19-18)9-11-5-6-12(16)10-13(11)17/h5-6,10,14,19H,2-4,7-9,18H2,1H3. The second-order valence-corrected chi connectivity index (χ2v) is 5.58. The van der Waals surface area contributed by atoms with Crippen molar-refractivity contribution < 1.29 is 8.78 Å². The van der Waals surface area contributed by atoms with Crippen molar-refractivity contribution in [3.8, 4) is 0 Å². The Morgan fingerprint density at radius 2 is 2.00 bits per heavy atom. The molecule has 0 aromatic heterocycles. The van der Waals surface area contributed by atoms with Gasteiger partial charge in [-0.25, -0.2) is 8.78 Å². The maximum absolute atomic E-state index is 13.8. The van der Waals surface area contributed by atoms with E-state index in [1.165, 1.54) is 25.0 Å². The largest absolute Gasteiger partial charge is 0.271 e. The zero-order chi connectivity index (χ0) is 13.9. The molecule has 1 saturated carbocycles. The molecular formula is C15H22F2N2. The molecule has 0 bridgehead atoms. The first kappa shape index (κ1) is 14.4. The Bertz CT molecular complexity index is 428. The van der Waals surface area contributed by atoms with Crippen molar-refractivity contribution in [3.63, 3.8) is 0 Å². The topological polar surface area (TPSA) is 38.0 Å². The predicted molar refractivity (Wildman–Crippen MR) is 72.4 cm³/mol. The number of rotatable bonds is 5. The van der Waals surface area contributed by atoms with Crippen LogP contribution in [-0.4, -0.2) is 6.04 Å². The minimum absolute atomic E-state index is 0.0416. The molecule has 2 nitrogen and oxygen atoms in total. The number of halogens is 2. The molecule has 4 heteroatoms. The molecule has 3 N–H and O–H groups in total. The molecule has 0 saturated heterocycles. The summed E-state index contributed by atoms with van der Waals surface area (Å²) in [6.45, 7) is 2.16. The molecule has 0 spiro atoms. The van der Waals surface area contributed by atoms with Crippen molar-refractivity contribution >= 4 is 0 Å². The van der Waals surface area contributed by atoms with E-state index in [0.717, 1.165) is 25.3 Å². The summed E-state index contributed by atoms with van der Waals surface area (Å²) in [5.74, 6) is 4.68. The zero-order valence-electron chi connectivity index (χ0n) is 11.4. The Morgan fingerprint density at radius 3 is 2.53 bits per heavy atom. The van der Waals surface area contributed by atoms with Crippen molar-refractivity contribution in [2.75, 3.05) is 0 Å². The first-order chi connectivity index (χ1) is 9.11. The molecule has 0 amide bonds. The lowest BCUT2D eigenvalue weighted by Gasteiger charge is -2.36. The summed E-state index contributed by atoms with van der Waals surface area (Å²) >= 11 is 0. The van der Waals surface area contributed by atoms with Gasteiger partial charge in [0.25, 0.3) is 0 Å². The third-order valence-corrected chi connectivity index (χ3v) is 4.68. The molecule has 0 heterocycles. The van der Waals surface area contributed by atoms with Gasteiger partial charge in [0, 0.05) is 12.1 Å². The maximum atomic E-state index is 13.8. The van der Waals surface area contributed by atoms with E-state index in [4.69, 9.17) is 5.84 Å². The van der Waals surface area contributed by atoms with Crippen LogP contribution in [0.15, 0.2) is 18.2 Å². The Labute approximate surface area is 113 Å². The van der Waals surface area contributed by atoms with Crippen LogP contribution in [-0.2, 0) is 6.42 Å². The van der Waals surface area contributed by atoms with Crippen molar-refractivity contribution in [2.45, 2.75) is 51.5 Å². The molecule has 19 heavy (non-hydrogen) atoms. The van der Waals surface area contributed by atoms with Crippen LogP contribution in [0, 0.1) is 17.0 Å². The van der Waals surface area contributed by atoms with E-state index in [2.05, 4.69) is 12.3 Å². The summed E-state index contributed by atoms with van der Waals surface area (Å²) in [5, 5.41) is 0.